The maximum Gasteiger partial charge on any atom is 0.273 e. The summed E-state index contributed by atoms with van der Waals surface area (Å²) in [5, 5.41) is 25.0. The maximum absolute atomic E-state index is 11.2. The van der Waals surface area contributed by atoms with Gasteiger partial charge in [0.05, 0.1) is 18.1 Å². The van der Waals surface area contributed by atoms with Crippen LogP contribution in [-0.2, 0) is 0 Å². The van der Waals surface area contributed by atoms with Crippen molar-refractivity contribution in [2.24, 2.45) is 0 Å². The third-order valence-corrected chi connectivity index (χ3v) is 4.30. The van der Waals surface area contributed by atoms with Crippen molar-refractivity contribution in [1.82, 2.24) is 10.2 Å². The van der Waals surface area contributed by atoms with Crippen molar-refractivity contribution in [1.29, 1.82) is 0 Å². The van der Waals surface area contributed by atoms with Crippen molar-refractivity contribution < 1.29 is 14.8 Å². The highest BCUT2D eigenvalue weighted by molar-refractivity contribution is 5.54. The highest BCUT2D eigenvalue weighted by Gasteiger charge is 2.28. The Morgan fingerprint density at radius 3 is 2.70 bits per heavy atom. The molecule has 1 aromatic rings. The van der Waals surface area contributed by atoms with Gasteiger partial charge >= 0.3 is 0 Å². The first kappa shape index (κ1) is 17.5. The molecule has 0 radical (unpaired) electrons. The Morgan fingerprint density at radius 1 is 1.43 bits per heavy atom. The number of aromatic hydroxyl groups is 1. The Morgan fingerprint density at radius 2 is 2.13 bits per heavy atom. The molecule has 1 heterocycles. The number of hydrogen-bond acceptors (Lipinski definition) is 6. The molecule has 1 aliphatic rings. The van der Waals surface area contributed by atoms with E-state index in [9.17, 15) is 15.2 Å². The Kier molecular flexibility index (Phi) is 6.18. The van der Waals surface area contributed by atoms with Gasteiger partial charge in [-0.15, -0.1) is 0 Å². The van der Waals surface area contributed by atoms with E-state index in [2.05, 4.69) is 17.1 Å². The highest BCUT2D eigenvalue weighted by atomic mass is 16.6. The van der Waals surface area contributed by atoms with Gasteiger partial charge in [-0.3, -0.25) is 15.0 Å². The van der Waals surface area contributed by atoms with Gasteiger partial charge in [0.25, 0.3) is 5.69 Å². The van der Waals surface area contributed by atoms with Crippen LogP contribution in [0.5, 0.6) is 11.5 Å². The third-order valence-electron chi connectivity index (χ3n) is 4.30. The predicted molar refractivity (Wildman–Crippen MR) is 88.0 cm³/mol. The first-order valence-electron chi connectivity index (χ1n) is 8.08. The molecule has 2 rings (SSSR count). The molecule has 2 N–H and O–H groups in total. The van der Waals surface area contributed by atoms with Crippen LogP contribution in [0.1, 0.15) is 37.8 Å². The van der Waals surface area contributed by atoms with E-state index in [1.165, 1.54) is 19.2 Å². The summed E-state index contributed by atoms with van der Waals surface area (Å²) in [6.45, 7) is 5.60. The van der Waals surface area contributed by atoms with Crippen LogP contribution >= 0.6 is 0 Å². The number of unbranched alkanes of at least 4 members (excludes halogenated alkanes) is 1. The number of phenolic OH excluding ortho intramolecular Hbond substituents is 1. The summed E-state index contributed by atoms with van der Waals surface area (Å²) in [6.07, 6.45) is 2.89. The fourth-order valence-corrected chi connectivity index (χ4v) is 3.06. The number of piperazine rings is 1. The van der Waals surface area contributed by atoms with Gasteiger partial charge in [0.2, 0.25) is 0 Å². The SMILES string of the molecule is CCCC[C@@H](c1cc([N+](=O)[O-])cc(OC)c1O)N1CCNCC1. The van der Waals surface area contributed by atoms with E-state index in [0.717, 1.165) is 45.4 Å². The molecule has 0 spiro atoms. The smallest absolute Gasteiger partial charge is 0.273 e. The maximum atomic E-state index is 11.2. The molecule has 0 bridgehead atoms. The normalized spacial score (nSPS) is 17.0. The number of hydrogen-bond donors (Lipinski definition) is 2. The standard InChI is InChI=1S/C16H25N3O4/c1-3-4-5-14(18-8-6-17-7-9-18)13-10-12(19(21)22)11-15(23-2)16(13)20/h10-11,14,17,20H,3-9H2,1-2H3/t14-/m0/s1. The zero-order valence-corrected chi connectivity index (χ0v) is 13.7. The van der Waals surface area contributed by atoms with Gasteiger partial charge in [0.1, 0.15) is 0 Å². The second-order valence-electron chi connectivity index (χ2n) is 5.79. The summed E-state index contributed by atoms with van der Waals surface area (Å²) in [4.78, 5) is 13.0. The monoisotopic (exact) mass is 323 g/mol. The number of rotatable bonds is 7. The molecular weight excluding hydrogens is 298 g/mol. The lowest BCUT2D eigenvalue weighted by Crippen LogP contribution is -2.45. The summed E-state index contributed by atoms with van der Waals surface area (Å²) in [5.74, 6) is 0.170. The average molecular weight is 323 g/mol. The molecule has 0 unspecified atom stereocenters. The quantitative estimate of drug-likeness (QED) is 0.592. The van der Waals surface area contributed by atoms with Gasteiger partial charge in [-0.05, 0) is 6.42 Å². The summed E-state index contributed by atoms with van der Waals surface area (Å²) >= 11 is 0. The molecule has 7 heteroatoms. The van der Waals surface area contributed by atoms with E-state index in [4.69, 9.17) is 4.74 Å². The van der Waals surface area contributed by atoms with Crippen molar-refractivity contribution in [3.63, 3.8) is 0 Å². The van der Waals surface area contributed by atoms with Crippen LogP contribution in [0.3, 0.4) is 0 Å². The number of nitrogens with one attached hydrogen (secondary N) is 1. The molecule has 1 atom stereocenters. The minimum absolute atomic E-state index is 0.0118. The highest BCUT2D eigenvalue weighted by Crippen LogP contribution is 2.41. The number of methoxy groups -OCH3 is 1. The first-order chi connectivity index (χ1) is 11.1. The van der Waals surface area contributed by atoms with Gasteiger partial charge in [-0.2, -0.15) is 0 Å². The minimum atomic E-state index is -0.444. The van der Waals surface area contributed by atoms with Crippen molar-refractivity contribution in [2.45, 2.75) is 32.2 Å². The van der Waals surface area contributed by atoms with Gasteiger partial charge in [-0.1, -0.05) is 19.8 Å². The minimum Gasteiger partial charge on any atom is -0.504 e. The lowest BCUT2D eigenvalue weighted by molar-refractivity contribution is -0.385. The van der Waals surface area contributed by atoms with Crippen LogP contribution in [0.2, 0.25) is 0 Å². The molecule has 0 saturated carbocycles. The number of phenols is 1. The molecule has 23 heavy (non-hydrogen) atoms. The number of nitro groups is 1. The Bertz CT molecular complexity index is 544. The summed E-state index contributed by atoms with van der Waals surface area (Å²) < 4.78 is 5.13. The number of non-ortho nitro benzene ring substituents is 1. The molecule has 0 aromatic heterocycles. The van der Waals surface area contributed by atoms with E-state index in [1.807, 2.05) is 0 Å². The lowest BCUT2D eigenvalue weighted by atomic mass is 9.96. The van der Waals surface area contributed by atoms with Crippen LogP contribution in [0.4, 0.5) is 5.69 Å². The van der Waals surface area contributed by atoms with Gasteiger partial charge in [0, 0.05) is 43.9 Å². The molecule has 0 aliphatic carbocycles. The number of nitro benzene ring substituents is 1. The van der Waals surface area contributed by atoms with Crippen molar-refractivity contribution >= 4 is 5.69 Å². The molecule has 1 saturated heterocycles. The van der Waals surface area contributed by atoms with Crippen LogP contribution in [-0.4, -0.2) is 48.2 Å². The topological polar surface area (TPSA) is 87.9 Å². The number of ether oxygens (including phenoxy) is 1. The Labute approximate surface area is 136 Å². The van der Waals surface area contributed by atoms with Crippen LogP contribution < -0.4 is 10.1 Å². The second-order valence-corrected chi connectivity index (χ2v) is 5.79. The van der Waals surface area contributed by atoms with Crippen molar-refractivity contribution in [3.8, 4) is 11.5 Å². The second kappa shape index (κ2) is 8.12. The molecule has 1 aromatic carbocycles. The van der Waals surface area contributed by atoms with E-state index in [0.29, 0.717) is 5.56 Å². The summed E-state index contributed by atoms with van der Waals surface area (Å²) in [6, 6.07) is 2.72. The van der Waals surface area contributed by atoms with Crippen molar-refractivity contribution in [2.75, 3.05) is 33.3 Å². The summed E-state index contributed by atoms with van der Waals surface area (Å²) in [5.41, 5.74) is 0.540. The number of benzene rings is 1. The van der Waals surface area contributed by atoms with Gasteiger partial charge in [0.15, 0.2) is 11.5 Å². The largest absolute Gasteiger partial charge is 0.504 e. The van der Waals surface area contributed by atoms with E-state index >= 15 is 0 Å². The Hall–Kier alpha value is -1.86. The molecular formula is C16H25N3O4. The zero-order chi connectivity index (χ0) is 16.8. The average Bonchev–Trinajstić information content (AvgIpc) is 2.57. The fourth-order valence-electron chi connectivity index (χ4n) is 3.06. The Balaban J connectivity index is 2.42. The molecule has 1 aliphatic heterocycles. The zero-order valence-electron chi connectivity index (χ0n) is 13.7. The molecule has 128 valence electrons. The van der Waals surface area contributed by atoms with Gasteiger partial charge in [-0.25, -0.2) is 0 Å². The number of nitrogens with zero attached hydrogens (tertiary/aromatic N) is 2. The fraction of sp³-hybridized carbons (Fsp3) is 0.625. The van der Waals surface area contributed by atoms with E-state index in [-0.39, 0.29) is 23.2 Å². The molecule has 1 fully saturated rings. The third kappa shape index (κ3) is 4.11. The molecule has 7 nitrogen and oxygen atoms in total. The molecule has 0 amide bonds. The van der Waals surface area contributed by atoms with Gasteiger partial charge < -0.3 is 15.2 Å². The predicted octanol–water partition coefficient (Wildman–Crippen LogP) is 2.45. The van der Waals surface area contributed by atoms with E-state index in [1.54, 1.807) is 0 Å². The first-order valence-corrected chi connectivity index (χ1v) is 8.08. The lowest BCUT2D eigenvalue weighted by Gasteiger charge is -2.35. The van der Waals surface area contributed by atoms with Crippen LogP contribution in [0, 0.1) is 10.1 Å². The van der Waals surface area contributed by atoms with Crippen molar-refractivity contribution in [3.05, 3.63) is 27.8 Å². The summed E-state index contributed by atoms with van der Waals surface area (Å²) in [7, 11) is 1.41. The van der Waals surface area contributed by atoms with E-state index < -0.39 is 4.92 Å². The van der Waals surface area contributed by atoms with Crippen LogP contribution in [0.15, 0.2) is 12.1 Å². The van der Waals surface area contributed by atoms with Crippen LogP contribution in [0.25, 0.3) is 0 Å².